The van der Waals surface area contributed by atoms with E-state index in [1.807, 2.05) is 0 Å². The van der Waals surface area contributed by atoms with Crippen LogP contribution in [0.5, 0.6) is 0 Å². The Labute approximate surface area is 50.3 Å². The Kier molecular flexibility index (Phi) is 1.99. The van der Waals surface area contributed by atoms with Crippen molar-refractivity contribution < 1.29 is 13.5 Å². The smallest absolute Gasteiger partial charge is 0.0599 e. The standard InChI is InChI=1S/C4H8O3S/c5-8(6)4-1-2-7-3-4/h4H,1-3H2,(H,5,6)/p-1. The lowest BCUT2D eigenvalue weighted by Gasteiger charge is -2.09. The zero-order valence-corrected chi connectivity index (χ0v) is 5.15. The molecule has 1 rings (SSSR count). The highest BCUT2D eigenvalue weighted by molar-refractivity contribution is 7.79. The van der Waals surface area contributed by atoms with Crippen molar-refractivity contribution in [2.24, 2.45) is 0 Å². The molecule has 4 heteroatoms. The SMILES string of the molecule is O=S([O-])C1CCOC1. The molecule has 0 bridgehead atoms. The van der Waals surface area contributed by atoms with Crippen LogP contribution in [0.1, 0.15) is 6.42 Å². The first-order valence-electron chi connectivity index (χ1n) is 2.46. The van der Waals surface area contributed by atoms with Gasteiger partial charge in [0.05, 0.1) is 6.61 Å². The van der Waals surface area contributed by atoms with Crippen LogP contribution in [0.2, 0.25) is 0 Å². The van der Waals surface area contributed by atoms with Gasteiger partial charge in [-0.15, -0.1) is 0 Å². The molecule has 0 aromatic heterocycles. The molecule has 0 amide bonds. The number of rotatable bonds is 1. The molecule has 1 heterocycles. The molecule has 2 unspecified atom stereocenters. The average Bonchev–Trinajstić information content (AvgIpc) is 2.12. The van der Waals surface area contributed by atoms with E-state index in [1.165, 1.54) is 0 Å². The van der Waals surface area contributed by atoms with Gasteiger partial charge in [0.15, 0.2) is 0 Å². The summed E-state index contributed by atoms with van der Waals surface area (Å²) in [4.78, 5) is 0. The number of hydrogen-bond acceptors (Lipinski definition) is 3. The van der Waals surface area contributed by atoms with E-state index in [9.17, 15) is 8.76 Å². The number of hydrogen-bond donors (Lipinski definition) is 0. The summed E-state index contributed by atoms with van der Waals surface area (Å²) in [7, 11) is 0. The summed E-state index contributed by atoms with van der Waals surface area (Å²) in [6, 6.07) is 0. The fourth-order valence-corrected chi connectivity index (χ4v) is 1.16. The highest BCUT2D eigenvalue weighted by Crippen LogP contribution is 2.08. The zero-order chi connectivity index (χ0) is 5.98. The largest absolute Gasteiger partial charge is 0.772 e. The van der Waals surface area contributed by atoms with Crippen LogP contribution in [-0.4, -0.2) is 27.2 Å². The molecular weight excluding hydrogens is 128 g/mol. The Morgan fingerprint density at radius 3 is 2.75 bits per heavy atom. The number of ether oxygens (including phenoxy) is 1. The fourth-order valence-electron chi connectivity index (χ4n) is 0.665. The van der Waals surface area contributed by atoms with Gasteiger partial charge in [-0.1, -0.05) is 0 Å². The van der Waals surface area contributed by atoms with Gasteiger partial charge in [-0.25, -0.2) is 0 Å². The summed E-state index contributed by atoms with van der Waals surface area (Å²) in [6.07, 6.45) is 0.663. The lowest BCUT2D eigenvalue weighted by Crippen LogP contribution is -2.13. The molecular formula is C4H7O3S-. The van der Waals surface area contributed by atoms with Crippen molar-refractivity contribution in [3.05, 3.63) is 0 Å². The van der Waals surface area contributed by atoms with Crippen molar-refractivity contribution in [3.63, 3.8) is 0 Å². The van der Waals surface area contributed by atoms with Gasteiger partial charge in [0.2, 0.25) is 0 Å². The van der Waals surface area contributed by atoms with Gasteiger partial charge >= 0.3 is 0 Å². The molecule has 2 atom stereocenters. The summed E-state index contributed by atoms with van der Waals surface area (Å²) in [6.45, 7) is 0.981. The second kappa shape index (κ2) is 2.57. The van der Waals surface area contributed by atoms with Gasteiger partial charge < -0.3 is 9.29 Å². The van der Waals surface area contributed by atoms with Gasteiger partial charge in [0, 0.05) is 11.9 Å². The van der Waals surface area contributed by atoms with Crippen LogP contribution in [0.15, 0.2) is 0 Å². The van der Waals surface area contributed by atoms with Crippen LogP contribution in [-0.2, 0) is 15.8 Å². The third-order valence-corrected chi connectivity index (χ3v) is 2.08. The van der Waals surface area contributed by atoms with E-state index < -0.39 is 11.1 Å². The van der Waals surface area contributed by atoms with Gasteiger partial charge in [-0.2, -0.15) is 0 Å². The van der Waals surface area contributed by atoms with E-state index >= 15 is 0 Å². The topological polar surface area (TPSA) is 49.4 Å². The Morgan fingerprint density at radius 1 is 1.75 bits per heavy atom. The molecule has 0 N–H and O–H groups in total. The fraction of sp³-hybridized carbons (Fsp3) is 1.00. The van der Waals surface area contributed by atoms with Crippen molar-refractivity contribution in [1.29, 1.82) is 0 Å². The highest BCUT2D eigenvalue weighted by Gasteiger charge is 2.15. The molecule has 3 nitrogen and oxygen atoms in total. The second-order valence-corrected chi connectivity index (χ2v) is 2.93. The monoisotopic (exact) mass is 135 g/mol. The average molecular weight is 135 g/mol. The van der Waals surface area contributed by atoms with Crippen LogP contribution in [0, 0.1) is 0 Å². The summed E-state index contributed by atoms with van der Waals surface area (Å²) < 4.78 is 25.1. The molecule has 0 saturated carbocycles. The second-order valence-electron chi connectivity index (χ2n) is 1.75. The van der Waals surface area contributed by atoms with Crippen LogP contribution in [0.3, 0.4) is 0 Å². The molecule has 0 aromatic rings. The maximum absolute atomic E-state index is 10.1. The third-order valence-electron chi connectivity index (χ3n) is 1.16. The van der Waals surface area contributed by atoms with E-state index in [4.69, 9.17) is 4.74 Å². The Balaban J connectivity index is 2.35. The summed E-state index contributed by atoms with van der Waals surface area (Å²) in [5.74, 6) is 0. The molecule has 1 aliphatic heterocycles. The van der Waals surface area contributed by atoms with Crippen molar-refractivity contribution in [2.45, 2.75) is 11.7 Å². The third kappa shape index (κ3) is 1.27. The maximum Gasteiger partial charge on any atom is 0.0599 e. The Hall–Kier alpha value is 0.0700. The first-order chi connectivity index (χ1) is 3.80. The molecule has 1 saturated heterocycles. The van der Waals surface area contributed by atoms with Crippen LogP contribution in [0.4, 0.5) is 0 Å². The normalized spacial score (nSPS) is 32.9. The summed E-state index contributed by atoms with van der Waals surface area (Å²) in [5, 5.41) is -0.241. The Bertz CT molecular complexity index is 97.5. The quantitative estimate of drug-likeness (QED) is 0.462. The van der Waals surface area contributed by atoms with Gasteiger partial charge in [0.1, 0.15) is 0 Å². The molecule has 8 heavy (non-hydrogen) atoms. The van der Waals surface area contributed by atoms with E-state index in [2.05, 4.69) is 0 Å². The first kappa shape index (κ1) is 6.19. The zero-order valence-electron chi connectivity index (χ0n) is 4.33. The van der Waals surface area contributed by atoms with E-state index in [-0.39, 0.29) is 5.25 Å². The van der Waals surface area contributed by atoms with Crippen molar-refractivity contribution in [3.8, 4) is 0 Å². The van der Waals surface area contributed by atoms with Crippen molar-refractivity contribution in [1.82, 2.24) is 0 Å². The minimum absolute atomic E-state index is 0.241. The van der Waals surface area contributed by atoms with Gasteiger partial charge in [0.25, 0.3) is 0 Å². The van der Waals surface area contributed by atoms with Crippen LogP contribution in [0.25, 0.3) is 0 Å². The van der Waals surface area contributed by atoms with Gasteiger partial charge in [-0.05, 0) is 17.5 Å². The van der Waals surface area contributed by atoms with E-state index in [0.29, 0.717) is 19.6 Å². The Morgan fingerprint density at radius 2 is 2.50 bits per heavy atom. The minimum Gasteiger partial charge on any atom is -0.772 e. The highest BCUT2D eigenvalue weighted by atomic mass is 32.2. The molecule has 0 aromatic carbocycles. The molecule has 1 fully saturated rings. The lowest BCUT2D eigenvalue weighted by atomic mass is 10.4. The lowest BCUT2D eigenvalue weighted by molar-refractivity contribution is 0.198. The molecule has 0 spiro atoms. The van der Waals surface area contributed by atoms with Crippen LogP contribution >= 0.6 is 0 Å². The van der Waals surface area contributed by atoms with Gasteiger partial charge in [-0.3, -0.25) is 4.21 Å². The summed E-state index contributed by atoms with van der Waals surface area (Å²) in [5.41, 5.74) is 0. The predicted octanol–water partition coefficient (Wildman–Crippen LogP) is -0.346. The molecule has 48 valence electrons. The summed E-state index contributed by atoms with van der Waals surface area (Å²) >= 11 is -1.92. The first-order valence-corrected chi connectivity index (χ1v) is 3.60. The molecule has 1 aliphatic rings. The van der Waals surface area contributed by atoms with Crippen molar-refractivity contribution in [2.75, 3.05) is 13.2 Å². The van der Waals surface area contributed by atoms with Crippen molar-refractivity contribution >= 4 is 11.1 Å². The van der Waals surface area contributed by atoms with E-state index in [1.54, 1.807) is 0 Å². The minimum atomic E-state index is -1.92. The van der Waals surface area contributed by atoms with E-state index in [0.717, 1.165) is 0 Å². The predicted molar refractivity (Wildman–Crippen MR) is 28.1 cm³/mol. The maximum atomic E-state index is 10.1. The molecule has 0 aliphatic carbocycles. The molecule has 0 radical (unpaired) electrons. The van der Waals surface area contributed by atoms with Crippen LogP contribution < -0.4 is 0 Å².